The van der Waals surface area contributed by atoms with Crippen LogP contribution in [0.4, 0.5) is 0 Å². The number of rotatable bonds is 4. The van der Waals surface area contributed by atoms with Gasteiger partial charge in [-0.2, -0.15) is 0 Å². The third-order valence-electron chi connectivity index (χ3n) is 2.15. The van der Waals surface area contributed by atoms with Crippen LogP contribution in [-0.2, 0) is 6.42 Å². The number of benzene rings is 1. The third-order valence-corrected chi connectivity index (χ3v) is 2.15. The van der Waals surface area contributed by atoms with Crippen molar-refractivity contribution in [1.29, 1.82) is 0 Å². The first-order valence-electron chi connectivity index (χ1n) is 4.82. The van der Waals surface area contributed by atoms with Crippen LogP contribution in [0, 0.1) is 6.92 Å². The second-order valence-corrected chi connectivity index (χ2v) is 3.36. The first-order valence-corrected chi connectivity index (χ1v) is 4.82. The number of hydrogen-bond donors (Lipinski definition) is 2. The van der Waals surface area contributed by atoms with Crippen molar-refractivity contribution in [3.63, 3.8) is 0 Å². The van der Waals surface area contributed by atoms with Gasteiger partial charge in [0.1, 0.15) is 5.75 Å². The Hall–Kier alpha value is -1.71. The number of ether oxygens (including phenoxy) is 1. The quantitative estimate of drug-likeness (QED) is 0.567. The molecule has 0 aliphatic rings. The molecule has 0 atom stereocenters. The van der Waals surface area contributed by atoms with E-state index in [-0.39, 0.29) is 5.96 Å². The highest BCUT2D eigenvalue weighted by Gasteiger charge is 1.99. The summed E-state index contributed by atoms with van der Waals surface area (Å²) in [7, 11) is 1.67. The van der Waals surface area contributed by atoms with Gasteiger partial charge in [0, 0.05) is 6.54 Å². The molecule has 0 amide bonds. The summed E-state index contributed by atoms with van der Waals surface area (Å²) in [6, 6.07) is 6.06. The Morgan fingerprint density at radius 1 is 1.40 bits per heavy atom. The Bertz CT molecular complexity index is 357. The molecule has 1 aromatic carbocycles. The van der Waals surface area contributed by atoms with E-state index >= 15 is 0 Å². The van der Waals surface area contributed by atoms with E-state index in [1.165, 1.54) is 5.56 Å². The van der Waals surface area contributed by atoms with Gasteiger partial charge in [0.2, 0.25) is 0 Å². The number of nitrogens with two attached hydrogens (primary N) is 2. The molecule has 0 saturated heterocycles. The number of methoxy groups -OCH3 is 1. The second-order valence-electron chi connectivity index (χ2n) is 3.36. The molecule has 0 aliphatic carbocycles. The number of aliphatic imine (C=N–C) groups is 1. The number of nitrogens with zero attached hydrogens (tertiary/aromatic N) is 1. The topological polar surface area (TPSA) is 73.6 Å². The SMILES string of the molecule is COc1ccc(CCN=C(N)N)cc1C. The van der Waals surface area contributed by atoms with E-state index in [4.69, 9.17) is 16.2 Å². The van der Waals surface area contributed by atoms with Gasteiger partial charge < -0.3 is 16.2 Å². The molecule has 0 radical (unpaired) electrons. The maximum absolute atomic E-state index is 5.24. The fourth-order valence-electron chi connectivity index (χ4n) is 1.41. The van der Waals surface area contributed by atoms with Crippen LogP contribution in [0.25, 0.3) is 0 Å². The lowest BCUT2D eigenvalue weighted by molar-refractivity contribution is 0.411. The molecule has 0 spiro atoms. The molecule has 4 heteroatoms. The van der Waals surface area contributed by atoms with Crippen LogP contribution in [0.2, 0.25) is 0 Å². The summed E-state index contributed by atoms with van der Waals surface area (Å²) in [6.45, 7) is 2.64. The maximum atomic E-state index is 5.24. The van der Waals surface area contributed by atoms with Crippen molar-refractivity contribution >= 4 is 5.96 Å². The Labute approximate surface area is 89.9 Å². The zero-order valence-electron chi connectivity index (χ0n) is 9.16. The van der Waals surface area contributed by atoms with Crippen molar-refractivity contribution in [2.24, 2.45) is 16.5 Å². The predicted octanol–water partition coefficient (Wildman–Crippen LogP) is 0.820. The van der Waals surface area contributed by atoms with Gasteiger partial charge in [-0.05, 0) is 30.5 Å². The smallest absolute Gasteiger partial charge is 0.185 e. The van der Waals surface area contributed by atoms with E-state index in [2.05, 4.69) is 11.1 Å². The minimum Gasteiger partial charge on any atom is -0.496 e. The van der Waals surface area contributed by atoms with Gasteiger partial charge in [-0.3, -0.25) is 4.99 Å². The highest BCUT2D eigenvalue weighted by atomic mass is 16.5. The van der Waals surface area contributed by atoms with Crippen LogP contribution < -0.4 is 16.2 Å². The van der Waals surface area contributed by atoms with E-state index in [1.807, 2.05) is 19.1 Å². The van der Waals surface area contributed by atoms with Gasteiger partial charge in [-0.1, -0.05) is 12.1 Å². The summed E-state index contributed by atoms with van der Waals surface area (Å²) in [5.41, 5.74) is 12.8. The zero-order valence-corrected chi connectivity index (χ0v) is 9.16. The largest absolute Gasteiger partial charge is 0.496 e. The molecule has 0 fully saturated rings. The summed E-state index contributed by atoms with van der Waals surface area (Å²) in [5, 5.41) is 0. The number of aryl methyl sites for hydroxylation is 1. The summed E-state index contributed by atoms with van der Waals surface area (Å²) < 4.78 is 5.18. The van der Waals surface area contributed by atoms with E-state index in [9.17, 15) is 0 Å². The molecule has 0 aromatic heterocycles. The highest BCUT2D eigenvalue weighted by Crippen LogP contribution is 2.18. The van der Waals surface area contributed by atoms with Crippen LogP contribution in [0.15, 0.2) is 23.2 Å². The van der Waals surface area contributed by atoms with Crippen molar-refractivity contribution in [3.8, 4) is 5.75 Å². The fraction of sp³-hybridized carbons (Fsp3) is 0.364. The van der Waals surface area contributed by atoms with Crippen molar-refractivity contribution in [2.75, 3.05) is 13.7 Å². The van der Waals surface area contributed by atoms with E-state index in [0.717, 1.165) is 17.7 Å². The van der Waals surface area contributed by atoms with E-state index < -0.39 is 0 Å². The molecular weight excluding hydrogens is 190 g/mol. The van der Waals surface area contributed by atoms with Gasteiger partial charge in [0.25, 0.3) is 0 Å². The maximum Gasteiger partial charge on any atom is 0.185 e. The summed E-state index contributed by atoms with van der Waals surface area (Å²) in [5.74, 6) is 1.04. The van der Waals surface area contributed by atoms with Crippen LogP contribution >= 0.6 is 0 Å². The first kappa shape index (κ1) is 11.4. The first-order chi connectivity index (χ1) is 7.13. The minimum atomic E-state index is 0.139. The minimum absolute atomic E-state index is 0.139. The van der Waals surface area contributed by atoms with Crippen LogP contribution in [-0.4, -0.2) is 19.6 Å². The molecule has 15 heavy (non-hydrogen) atoms. The predicted molar refractivity (Wildman–Crippen MR) is 62.1 cm³/mol. The lowest BCUT2D eigenvalue weighted by Crippen LogP contribution is -2.23. The normalized spacial score (nSPS) is 9.73. The molecule has 0 saturated carbocycles. The summed E-state index contributed by atoms with van der Waals surface area (Å²) in [4.78, 5) is 3.93. The van der Waals surface area contributed by atoms with Gasteiger partial charge >= 0.3 is 0 Å². The number of guanidine groups is 1. The Kier molecular flexibility index (Phi) is 3.97. The lowest BCUT2D eigenvalue weighted by atomic mass is 10.1. The molecule has 0 unspecified atom stereocenters. The zero-order chi connectivity index (χ0) is 11.3. The molecule has 4 N–H and O–H groups in total. The standard InChI is InChI=1S/C11H17N3O/c1-8-7-9(3-4-10(8)15-2)5-6-14-11(12)13/h3-4,7H,5-6H2,1-2H3,(H4,12,13,14). The lowest BCUT2D eigenvalue weighted by Gasteiger charge is -2.06. The summed E-state index contributed by atoms with van der Waals surface area (Å²) >= 11 is 0. The second kappa shape index (κ2) is 5.24. The Morgan fingerprint density at radius 2 is 2.13 bits per heavy atom. The average Bonchev–Trinajstić information content (AvgIpc) is 2.17. The van der Waals surface area contributed by atoms with Crippen molar-refractivity contribution in [1.82, 2.24) is 0 Å². The molecule has 1 aromatic rings. The van der Waals surface area contributed by atoms with Crippen molar-refractivity contribution < 1.29 is 4.74 Å². The fourth-order valence-corrected chi connectivity index (χ4v) is 1.41. The average molecular weight is 207 g/mol. The molecule has 0 bridgehead atoms. The van der Waals surface area contributed by atoms with Gasteiger partial charge in [0.05, 0.1) is 7.11 Å². The van der Waals surface area contributed by atoms with Crippen molar-refractivity contribution in [3.05, 3.63) is 29.3 Å². The van der Waals surface area contributed by atoms with E-state index in [0.29, 0.717) is 6.54 Å². The molecule has 0 heterocycles. The number of hydrogen-bond acceptors (Lipinski definition) is 2. The third kappa shape index (κ3) is 3.50. The molecule has 82 valence electrons. The van der Waals surface area contributed by atoms with Crippen LogP contribution in [0.1, 0.15) is 11.1 Å². The van der Waals surface area contributed by atoms with Gasteiger partial charge in [-0.25, -0.2) is 0 Å². The van der Waals surface area contributed by atoms with Gasteiger partial charge in [-0.15, -0.1) is 0 Å². The van der Waals surface area contributed by atoms with Crippen LogP contribution in [0.5, 0.6) is 5.75 Å². The molecular formula is C11H17N3O. The molecule has 0 aliphatic heterocycles. The van der Waals surface area contributed by atoms with Crippen molar-refractivity contribution in [2.45, 2.75) is 13.3 Å². The monoisotopic (exact) mass is 207 g/mol. The molecule has 4 nitrogen and oxygen atoms in total. The van der Waals surface area contributed by atoms with Crippen LogP contribution in [0.3, 0.4) is 0 Å². The van der Waals surface area contributed by atoms with E-state index in [1.54, 1.807) is 7.11 Å². The Balaban J connectivity index is 2.63. The molecule has 1 rings (SSSR count). The summed E-state index contributed by atoms with van der Waals surface area (Å²) in [6.07, 6.45) is 0.836. The Morgan fingerprint density at radius 3 is 2.67 bits per heavy atom. The van der Waals surface area contributed by atoms with Gasteiger partial charge in [0.15, 0.2) is 5.96 Å². The highest BCUT2D eigenvalue weighted by molar-refractivity contribution is 5.75.